The Morgan fingerprint density at radius 2 is 1.79 bits per heavy atom. The summed E-state index contributed by atoms with van der Waals surface area (Å²) in [5.41, 5.74) is 2.86. The first-order valence-electron chi connectivity index (χ1n) is 10.8. The fraction of sp³-hybridized carbons (Fsp3) is 0.520. The lowest BCUT2D eigenvalue weighted by Gasteiger charge is -2.30. The molecule has 0 amide bonds. The van der Waals surface area contributed by atoms with E-state index in [0.717, 1.165) is 24.6 Å². The van der Waals surface area contributed by atoms with Crippen LogP contribution in [-0.2, 0) is 6.42 Å². The number of ether oxygens (including phenoxy) is 1. The summed E-state index contributed by atoms with van der Waals surface area (Å²) < 4.78 is 19.4. The van der Waals surface area contributed by atoms with Crippen molar-refractivity contribution in [1.29, 1.82) is 0 Å². The lowest BCUT2D eigenvalue weighted by Crippen LogP contribution is -2.34. The van der Waals surface area contributed by atoms with Crippen molar-refractivity contribution in [2.45, 2.75) is 52.9 Å². The van der Waals surface area contributed by atoms with E-state index in [2.05, 4.69) is 59.8 Å². The fourth-order valence-corrected chi connectivity index (χ4v) is 3.98. The highest BCUT2D eigenvalue weighted by molar-refractivity contribution is 9.10. The number of piperidine rings is 1. The number of benzene rings is 2. The zero-order valence-electron chi connectivity index (χ0n) is 18.1. The molecular formula is C25H35BrFNO. The second-order valence-electron chi connectivity index (χ2n) is 8.00. The molecule has 1 saturated heterocycles. The van der Waals surface area contributed by atoms with E-state index < -0.39 is 0 Å². The van der Waals surface area contributed by atoms with Crippen LogP contribution in [0.25, 0.3) is 0 Å². The minimum Gasteiger partial charge on any atom is -0.494 e. The van der Waals surface area contributed by atoms with Crippen molar-refractivity contribution in [3.63, 3.8) is 0 Å². The van der Waals surface area contributed by atoms with Gasteiger partial charge >= 0.3 is 0 Å². The van der Waals surface area contributed by atoms with E-state index in [1.807, 2.05) is 0 Å². The highest BCUT2D eigenvalue weighted by Crippen LogP contribution is 2.17. The molecule has 1 aliphatic rings. The van der Waals surface area contributed by atoms with Gasteiger partial charge in [-0.05, 0) is 99.1 Å². The maximum atomic E-state index is 12.7. The highest BCUT2D eigenvalue weighted by Gasteiger charge is 2.14. The van der Waals surface area contributed by atoms with E-state index in [0.29, 0.717) is 6.61 Å². The minimum absolute atomic E-state index is 0.218. The van der Waals surface area contributed by atoms with Crippen molar-refractivity contribution in [3.05, 3.63) is 63.9 Å². The maximum Gasteiger partial charge on any atom is 0.123 e. The lowest BCUT2D eigenvalue weighted by atomic mass is 9.99. The Kier molecular flexibility index (Phi) is 10.7. The van der Waals surface area contributed by atoms with Crippen LogP contribution in [0.1, 0.15) is 50.7 Å². The van der Waals surface area contributed by atoms with E-state index in [4.69, 9.17) is 4.74 Å². The van der Waals surface area contributed by atoms with Gasteiger partial charge in [0.2, 0.25) is 0 Å². The molecule has 0 aliphatic carbocycles. The molecule has 0 saturated carbocycles. The van der Waals surface area contributed by atoms with Crippen LogP contribution in [0.2, 0.25) is 0 Å². The van der Waals surface area contributed by atoms with E-state index in [1.165, 1.54) is 66.5 Å². The van der Waals surface area contributed by atoms with E-state index in [9.17, 15) is 4.39 Å². The molecule has 0 bridgehead atoms. The zero-order chi connectivity index (χ0) is 21.1. The van der Waals surface area contributed by atoms with Crippen molar-refractivity contribution >= 4 is 15.9 Å². The number of hydrogen-bond donors (Lipinski definition) is 0. The van der Waals surface area contributed by atoms with Crippen LogP contribution < -0.4 is 4.74 Å². The predicted molar refractivity (Wildman–Crippen MR) is 124 cm³/mol. The Labute approximate surface area is 184 Å². The van der Waals surface area contributed by atoms with Gasteiger partial charge in [0.25, 0.3) is 0 Å². The van der Waals surface area contributed by atoms with Gasteiger partial charge in [0.1, 0.15) is 11.6 Å². The average Bonchev–Trinajstić information content (AvgIpc) is 2.71. The van der Waals surface area contributed by atoms with Crippen LogP contribution in [0.3, 0.4) is 0 Å². The van der Waals surface area contributed by atoms with Crippen LogP contribution >= 0.6 is 15.9 Å². The number of hydrogen-bond acceptors (Lipinski definition) is 2. The maximum absolute atomic E-state index is 12.7. The van der Waals surface area contributed by atoms with Gasteiger partial charge in [0, 0.05) is 11.0 Å². The highest BCUT2D eigenvalue weighted by atomic mass is 79.9. The number of likely N-dealkylation sites (tertiary alicyclic amines) is 1. The Morgan fingerprint density at radius 3 is 2.41 bits per heavy atom. The molecule has 0 atom stereocenters. The second-order valence-corrected chi connectivity index (χ2v) is 8.92. The SMILES string of the molecule is CC1CCN(CCCOc2ccc(F)cc2)CC1.CCCc1ccc(Br)cc1C. The molecule has 0 aromatic heterocycles. The van der Waals surface area contributed by atoms with Crippen LogP contribution in [0.5, 0.6) is 5.75 Å². The monoisotopic (exact) mass is 463 g/mol. The van der Waals surface area contributed by atoms with Crippen molar-refractivity contribution < 1.29 is 9.13 Å². The van der Waals surface area contributed by atoms with Crippen molar-refractivity contribution in [2.24, 2.45) is 5.92 Å². The molecule has 4 heteroatoms. The zero-order valence-corrected chi connectivity index (χ0v) is 19.7. The third kappa shape index (κ3) is 9.31. The third-order valence-corrected chi connectivity index (χ3v) is 5.89. The minimum atomic E-state index is -0.218. The van der Waals surface area contributed by atoms with E-state index in [1.54, 1.807) is 12.1 Å². The molecular weight excluding hydrogens is 429 g/mol. The largest absolute Gasteiger partial charge is 0.494 e. The Morgan fingerprint density at radius 1 is 1.10 bits per heavy atom. The molecule has 0 radical (unpaired) electrons. The Balaban J connectivity index is 0.000000234. The summed E-state index contributed by atoms with van der Waals surface area (Å²) in [6.45, 7) is 11.0. The van der Waals surface area contributed by atoms with Gasteiger partial charge in [-0.1, -0.05) is 42.3 Å². The fourth-order valence-electron chi connectivity index (χ4n) is 3.50. The van der Waals surface area contributed by atoms with Crippen molar-refractivity contribution in [2.75, 3.05) is 26.2 Å². The summed E-state index contributed by atoms with van der Waals surface area (Å²) in [5, 5.41) is 0. The first kappa shape index (κ1) is 23.9. The first-order valence-corrected chi connectivity index (χ1v) is 11.6. The quantitative estimate of drug-likeness (QED) is 0.408. The molecule has 0 spiro atoms. The van der Waals surface area contributed by atoms with E-state index >= 15 is 0 Å². The summed E-state index contributed by atoms with van der Waals surface area (Å²) in [6, 6.07) is 12.7. The molecule has 160 valence electrons. The van der Waals surface area contributed by atoms with E-state index in [-0.39, 0.29) is 5.82 Å². The number of nitrogens with zero attached hydrogens (tertiary/aromatic N) is 1. The van der Waals surface area contributed by atoms with Gasteiger partial charge in [-0.3, -0.25) is 0 Å². The van der Waals surface area contributed by atoms with Crippen molar-refractivity contribution in [1.82, 2.24) is 4.90 Å². The summed E-state index contributed by atoms with van der Waals surface area (Å²) >= 11 is 3.45. The lowest BCUT2D eigenvalue weighted by molar-refractivity contribution is 0.177. The molecule has 1 fully saturated rings. The third-order valence-electron chi connectivity index (χ3n) is 5.40. The van der Waals surface area contributed by atoms with Gasteiger partial charge < -0.3 is 9.64 Å². The summed E-state index contributed by atoms with van der Waals surface area (Å²) in [5.74, 6) is 1.42. The van der Waals surface area contributed by atoms with Crippen molar-refractivity contribution in [3.8, 4) is 5.75 Å². The molecule has 0 N–H and O–H groups in total. The topological polar surface area (TPSA) is 12.5 Å². The number of aryl methyl sites for hydroxylation is 2. The molecule has 0 unspecified atom stereocenters. The van der Waals surface area contributed by atoms with Gasteiger partial charge in [0.05, 0.1) is 6.61 Å². The molecule has 1 aliphatic heterocycles. The number of rotatable bonds is 7. The van der Waals surface area contributed by atoms with Crippen LogP contribution in [0, 0.1) is 18.7 Å². The van der Waals surface area contributed by atoms with Crippen LogP contribution in [-0.4, -0.2) is 31.1 Å². The number of halogens is 2. The molecule has 29 heavy (non-hydrogen) atoms. The normalized spacial score (nSPS) is 14.9. The molecule has 1 heterocycles. The Hall–Kier alpha value is -1.39. The first-order chi connectivity index (χ1) is 14.0. The van der Waals surface area contributed by atoms with Crippen LogP contribution in [0.4, 0.5) is 4.39 Å². The Bertz CT molecular complexity index is 711. The molecule has 2 nitrogen and oxygen atoms in total. The summed E-state index contributed by atoms with van der Waals surface area (Å²) in [7, 11) is 0. The van der Waals surface area contributed by atoms with Crippen LogP contribution in [0.15, 0.2) is 46.9 Å². The molecule has 3 rings (SSSR count). The smallest absolute Gasteiger partial charge is 0.123 e. The molecule has 2 aromatic carbocycles. The predicted octanol–water partition coefficient (Wildman–Crippen LogP) is 7.04. The summed E-state index contributed by atoms with van der Waals surface area (Å²) in [4.78, 5) is 2.51. The van der Waals surface area contributed by atoms with Gasteiger partial charge in [0.15, 0.2) is 0 Å². The van der Waals surface area contributed by atoms with Gasteiger partial charge in [-0.25, -0.2) is 4.39 Å². The van der Waals surface area contributed by atoms with Gasteiger partial charge in [-0.2, -0.15) is 0 Å². The molecule has 2 aromatic rings. The average molecular weight is 464 g/mol. The standard InChI is InChI=1S/C15H22FNO.C10H13Br/c1-13-7-10-17(11-8-13)9-2-12-18-15-5-3-14(16)4-6-15;1-3-4-9-5-6-10(11)7-8(9)2/h3-6,13H,2,7-12H2,1H3;5-7H,3-4H2,1-2H3. The second kappa shape index (κ2) is 13.0. The summed E-state index contributed by atoms with van der Waals surface area (Å²) in [6.07, 6.45) is 6.09. The van der Waals surface area contributed by atoms with Gasteiger partial charge in [-0.15, -0.1) is 0 Å².